The first-order chi connectivity index (χ1) is 13.8. The maximum Gasteiger partial charge on any atom is 0.264 e. The van der Waals surface area contributed by atoms with Crippen LogP contribution in [0.2, 0.25) is 0 Å². The molecule has 0 spiro atoms. The third kappa shape index (κ3) is 4.02. The maximum absolute atomic E-state index is 13.1. The van der Waals surface area contributed by atoms with Crippen LogP contribution >= 0.6 is 15.9 Å². The van der Waals surface area contributed by atoms with Gasteiger partial charge in [0.1, 0.15) is 0 Å². The Balaban J connectivity index is 2.10. The molecule has 2 aromatic rings. The van der Waals surface area contributed by atoms with Crippen LogP contribution in [-0.4, -0.2) is 46.6 Å². The largest absolute Gasteiger partial charge is 0.493 e. The number of amides is 2. The number of benzene rings is 2. The summed E-state index contributed by atoms with van der Waals surface area (Å²) in [4.78, 5) is 27.4. The minimum atomic E-state index is -1.27. The number of nitrogens with zero attached hydrogens (tertiary/aromatic N) is 1. The Bertz CT molecular complexity index is 1010. The van der Waals surface area contributed by atoms with Crippen LogP contribution in [0.1, 0.15) is 39.2 Å². The van der Waals surface area contributed by atoms with Crippen molar-refractivity contribution in [3.05, 3.63) is 51.5 Å². The molecule has 2 unspecified atom stereocenters. The van der Waals surface area contributed by atoms with Gasteiger partial charge in [0, 0.05) is 33.0 Å². The Labute approximate surface area is 179 Å². The van der Waals surface area contributed by atoms with E-state index in [0.29, 0.717) is 28.1 Å². The van der Waals surface area contributed by atoms with E-state index < -0.39 is 28.7 Å². The molecule has 9 heteroatoms. The summed E-state index contributed by atoms with van der Waals surface area (Å²) in [7, 11) is 0.255. The van der Waals surface area contributed by atoms with Gasteiger partial charge in [-0.1, -0.05) is 22.0 Å². The number of nitrogens with two attached hydrogens (primary N) is 1. The number of carbonyl (C=O) groups is 2. The molecule has 0 fully saturated rings. The van der Waals surface area contributed by atoms with Crippen molar-refractivity contribution in [2.75, 3.05) is 31.5 Å². The van der Waals surface area contributed by atoms with Crippen LogP contribution in [0.3, 0.4) is 0 Å². The van der Waals surface area contributed by atoms with Crippen molar-refractivity contribution in [1.82, 2.24) is 4.90 Å². The van der Waals surface area contributed by atoms with Gasteiger partial charge in [0.2, 0.25) is 0 Å². The summed E-state index contributed by atoms with van der Waals surface area (Å²) in [6.45, 7) is 2.26. The van der Waals surface area contributed by atoms with Crippen molar-refractivity contribution >= 4 is 44.2 Å². The first kappa shape index (κ1) is 21.3. The number of imide groups is 1. The van der Waals surface area contributed by atoms with Crippen molar-refractivity contribution in [3.63, 3.8) is 0 Å². The highest BCUT2D eigenvalue weighted by atomic mass is 79.9. The van der Waals surface area contributed by atoms with E-state index >= 15 is 0 Å². The van der Waals surface area contributed by atoms with Gasteiger partial charge in [-0.15, -0.1) is 0 Å². The van der Waals surface area contributed by atoms with Gasteiger partial charge in [0.15, 0.2) is 11.5 Å². The van der Waals surface area contributed by atoms with E-state index in [0.717, 1.165) is 4.90 Å². The number of anilines is 1. The van der Waals surface area contributed by atoms with Crippen LogP contribution in [0.5, 0.6) is 11.5 Å². The van der Waals surface area contributed by atoms with Gasteiger partial charge in [-0.25, -0.2) is 0 Å². The molecule has 3 rings (SSSR count). The van der Waals surface area contributed by atoms with Gasteiger partial charge in [0.05, 0.1) is 30.9 Å². The lowest BCUT2D eigenvalue weighted by Gasteiger charge is -2.26. The standard InChI is InChI=1S/C20H21BrN2O5S/c1-4-28-17-7-11(5-6-16(17)27-2)15(10-29(3)26)23-19(24)13-8-12(21)9-14(22)18(13)20(23)25/h5-9,15H,4,10,22H2,1-3H3. The molecular weight excluding hydrogens is 460 g/mol. The molecule has 0 saturated carbocycles. The Morgan fingerprint density at radius 3 is 2.52 bits per heavy atom. The Kier molecular flexibility index (Phi) is 6.28. The van der Waals surface area contributed by atoms with Gasteiger partial charge in [0.25, 0.3) is 11.8 Å². The number of ether oxygens (including phenoxy) is 2. The van der Waals surface area contributed by atoms with Crippen molar-refractivity contribution in [1.29, 1.82) is 0 Å². The third-order valence-corrected chi connectivity index (χ3v) is 5.84. The molecule has 0 aliphatic carbocycles. The molecule has 0 radical (unpaired) electrons. The highest BCUT2D eigenvalue weighted by Gasteiger charge is 2.42. The highest BCUT2D eigenvalue weighted by Crippen LogP contribution is 2.38. The second-order valence-corrected chi connectivity index (χ2v) is 8.89. The molecule has 2 N–H and O–H groups in total. The number of carbonyl (C=O) groups excluding carboxylic acids is 2. The van der Waals surface area contributed by atoms with Crippen molar-refractivity contribution in [3.8, 4) is 11.5 Å². The normalized spacial score (nSPS) is 15.2. The predicted octanol–water partition coefficient (Wildman–Crippen LogP) is 3.15. The van der Waals surface area contributed by atoms with E-state index in [1.165, 1.54) is 13.4 Å². The fourth-order valence-corrected chi connectivity index (χ4v) is 4.63. The van der Waals surface area contributed by atoms with Crippen LogP contribution in [0.25, 0.3) is 0 Å². The zero-order valence-electron chi connectivity index (χ0n) is 16.2. The lowest BCUT2D eigenvalue weighted by atomic mass is 10.1. The van der Waals surface area contributed by atoms with Crippen molar-refractivity contribution in [2.45, 2.75) is 13.0 Å². The SMILES string of the molecule is CCOc1cc(C(CS(C)=O)N2C(=O)c3cc(Br)cc(N)c3C2=O)ccc1OC. The fraction of sp³-hybridized carbons (Fsp3) is 0.300. The van der Waals surface area contributed by atoms with Gasteiger partial charge >= 0.3 is 0 Å². The topological polar surface area (TPSA) is 98.9 Å². The average molecular weight is 481 g/mol. The van der Waals surface area contributed by atoms with E-state index in [1.54, 1.807) is 30.3 Å². The lowest BCUT2D eigenvalue weighted by molar-refractivity contribution is 0.0598. The Morgan fingerprint density at radius 1 is 1.17 bits per heavy atom. The number of halogens is 1. The molecule has 29 heavy (non-hydrogen) atoms. The van der Waals surface area contributed by atoms with Gasteiger partial charge in [-0.3, -0.25) is 18.7 Å². The predicted molar refractivity (Wildman–Crippen MR) is 115 cm³/mol. The monoisotopic (exact) mass is 480 g/mol. The zero-order chi connectivity index (χ0) is 21.3. The fourth-order valence-electron chi connectivity index (χ4n) is 3.37. The molecule has 2 amide bonds. The first-order valence-corrected chi connectivity index (χ1v) is 11.4. The van der Waals surface area contributed by atoms with Crippen LogP contribution < -0.4 is 15.2 Å². The molecule has 154 valence electrons. The summed E-state index contributed by atoms with van der Waals surface area (Å²) in [5, 5.41) is 0. The van der Waals surface area contributed by atoms with Crippen LogP contribution in [0.4, 0.5) is 5.69 Å². The number of rotatable bonds is 7. The van der Waals surface area contributed by atoms with Crippen LogP contribution in [0.15, 0.2) is 34.8 Å². The van der Waals surface area contributed by atoms with Crippen LogP contribution in [-0.2, 0) is 10.8 Å². The lowest BCUT2D eigenvalue weighted by Crippen LogP contribution is -2.37. The second kappa shape index (κ2) is 8.54. The van der Waals surface area contributed by atoms with E-state index in [1.807, 2.05) is 6.92 Å². The van der Waals surface area contributed by atoms with E-state index in [-0.39, 0.29) is 22.6 Å². The van der Waals surface area contributed by atoms with Crippen molar-refractivity contribution in [2.24, 2.45) is 0 Å². The van der Waals surface area contributed by atoms with Crippen molar-refractivity contribution < 1.29 is 23.3 Å². The molecule has 0 aromatic heterocycles. The maximum atomic E-state index is 13.1. The van der Waals surface area contributed by atoms with Gasteiger partial charge < -0.3 is 15.2 Å². The van der Waals surface area contributed by atoms with E-state index in [9.17, 15) is 13.8 Å². The van der Waals surface area contributed by atoms with E-state index in [2.05, 4.69) is 15.9 Å². The average Bonchev–Trinajstić information content (AvgIpc) is 2.90. The third-order valence-electron chi connectivity index (χ3n) is 4.59. The van der Waals surface area contributed by atoms with Crippen LogP contribution in [0, 0.1) is 0 Å². The minimum Gasteiger partial charge on any atom is -0.493 e. The summed E-state index contributed by atoms with van der Waals surface area (Å²) in [5.74, 6) is 0.131. The zero-order valence-corrected chi connectivity index (χ0v) is 18.6. The number of hydrogen-bond donors (Lipinski definition) is 1. The molecule has 0 bridgehead atoms. The highest BCUT2D eigenvalue weighted by molar-refractivity contribution is 9.10. The molecule has 1 aliphatic rings. The molecule has 1 aliphatic heterocycles. The molecule has 7 nitrogen and oxygen atoms in total. The molecule has 2 aromatic carbocycles. The molecular formula is C20H21BrN2O5S. The quantitative estimate of drug-likeness (QED) is 0.482. The Morgan fingerprint density at radius 2 is 1.90 bits per heavy atom. The summed E-state index contributed by atoms with van der Waals surface area (Å²) >= 11 is 3.31. The van der Waals surface area contributed by atoms with E-state index in [4.69, 9.17) is 15.2 Å². The molecule has 1 heterocycles. The smallest absolute Gasteiger partial charge is 0.264 e. The minimum absolute atomic E-state index is 0.0877. The number of fused-ring (bicyclic) bond motifs is 1. The summed E-state index contributed by atoms with van der Waals surface area (Å²) in [6.07, 6.45) is 1.53. The second-order valence-electron chi connectivity index (χ2n) is 6.50. The number of methoxy groups -OCH3 is 1. The summed E-state index contributed by atoms with van der Waals surface area (Å²) in [6, 6.07) is 7.57. The number of nitrogen functional groups attached to an aromatic ring is 1. The van der Waals surface area contributed by atoms with Gasteiger partial charge in [-0.05, 0) is 36.8 Å². The summed E-state index contributed by atoms with van der Waals surface area (Å²) in [5.41, 5.74) is 7.24. The number of hydrogen-bond acceptors (Lipinski definition) is 6. The summed E-state index contributed by atoms with van der Waals surface area (Å²) < 4.78 is 23.6. The first-order valence-electron chi connectivity index (χ1n) is 8.86. The van der Waals surface area contributed by atoms with Gasteiger partial charge in [-0.2, -0.15) is 0 Å². The molecule has 0 saturated heterocycles. The molecule has 2 atom stereocenters. The Hall–Kier alpha value is -2.39.